The van der Waals surface area contributed by atoms with Crippen molar-refractivity contribution in [2.45, 2.75) is 31.4 Å². The van der Waals surface area contributed by atoms with E-state index in [9.17, 15) is 14.3 Å². The smallest absolute Gasteiger partial charge is 0.255 e. The molecule has 1 fully saturated rings. The summed E-state index contributed by atoms with van der Waals surface area (Å²) in [6.07, 6.45) is 5.01. The first kappa shape index (κ1) is 24.7. The Morgan fingerprint density at radius 3 is 2.76 bits per heavy atom. The van der Waals surface area contributed by atoms with Crippen LogP contribution in [-0.4, -0.2) is 52.0 Å². The van der Waals surface area contributed by atoms with Gasteiger partial charge in [0.05, 0.1) is 37.5 Å². The number of ether oxygens (including phenoxy) is 2. The van der Waals surface area contributed by atoms with Crippen LogP contribution in [-0.2, 0) is 11.3 Å². The largest absolute Gasteiger partial charge is 0.496 e. The highest BCUT2D eigenvalue weighted by atomic mass is 19.1. The van der Waals surface area contributed by atoms with Gasteiger partial charge in [0, 0.05) is 29.9 Å². The number of halogens is 1. The van der Waals surface area contributed by atoms with Crippen molar-refractivity contribution in [2.75, 3.05) is 26.1 Å². The van der Waals surface area contributed by atoms with Crippen LogP contribution < -0.4 is 15.8 Å². The van der Waals surface area contributed by atoms with E-state index in [0.29, 0.717) is 18.2 Å². The number of hydrogen-bond donors (Lipinski definition) is 3. The molecule has 4 N–H and O–H groups in total. The number of rotatable bonds is 7. The summed E-state index contributed by atoms with van der Waals surface area (Å²) in [4.78, 5) is 21.3. The van der Waals surface area contributed by atoms with Gasteiger partial charge in [0.15, 0.2) is 5.82 Å². The van der Waals surface area contributed by atoms with Crippen LogP contribution in [0.1, 0.15) is 40.2 Å². The first-order chi connectivity index (χ1) is 18.0. The molecule has 4 aromatic rings. The van der Waals surface area contributed by atoms with Gasteiger partial charge < -0.3 is 30.2 Å². The number of carbonyl (C=O) groups excluding carboxylic acids is 1. The number of aromatic nitrogens is 3. The second kappa shape index (κ2) is 10.5. The highest BCUT2D eigenvalue weighted by Gasteiger charge is 2.27. The minimum absolute atomic E-state index is 0.0200. The summed E-state index contributed by atoms with van der Waals surface area (Å²) in [5.41, 5.74) is 10.7. The topological polar surface area (TPSA) is 125 Å². The maximum Gasteiger partial charge on any atom is 0.255 e. The van der Waals surface area contributed by atoms with Gasteiger partial charge in [-0.05, 0) is 48.7 Å². The minimum atomic E-state index is -0.509. The molecule has 0 radical (unpaired) electrons. The number of nitrogens with zero attached hydrogens (tertiary/aromatic N) is 3. The number of carbonyl (C=O) groups is 1. The number of benzene rings is 2. The summed E-state index contributed by atoms with van der Waals surface area (Å²) in [5.74, 6) is -0.120. The lowest BCUT2D eigenvalue weighted by Crippen LogP contribution is -2.27. The molecule has 10 heteroatoms. The zero-order chi connectivity index (χ0) is 25.9. The van der Waals surface area contributed by atoms with Crippen molar-refractivity contribution in [3.63, 3.8) is 0 Å². The maximum atomic E-state index is 13.6. The first-order valence-corrected chi connectivity index (χ1v) is 12.0. The van der Waals surface area contributed by atoms with Crippen molar-refractivity contribution in [3.05, 3.63) is 77.5 Å². The van der Waals surface area contributed by atoms with E-state index in [2.05, 4.69) is 15.3 Å². The van der Waals surface area contributed by atoms with Crippen molar-refractivity contribution in [1.29, 1.82) is 0 Å². The number of methoxy groups -OCH3 is 1. The molecule has 0 aliphatic carbocycles. The Labute approximate surface area is 213 Å². The number of nitrogens with two attached hydrogens (primary N) is 1. The van der Waals surface area contributed by atoms with Gasteiger partial charge in [0.1, 0.15) is 23.4 Å². The van der Waals surface area contributed by atoms with Gasteiger partial charge >= 0.3 is 0 Å². The molecule has 2 atom stereocenters. The van der Waals surface area contributed by atoms with Crippen LogP contribution in [0.2, 0.25) is 0 Å². The second-order valence-electron chi connectivity index (χ2n) is 9.02. The fourth-order valence-electron chi connectivity index (χ4n) is 4.71. The summed E-state index contributed by atoms with van der Waals surface area (Å²) in [6.45, 7) is 0.780. The molecule has 2 aromatic carbocycles. The van der Waals surface area contributed by atoms with Crippen molar-refractivity contribution < 1.29 is 23.8 Å². The molecule has 1 saturated heterocycles. The van der Waals surface area contributed by atoms with Gasteiger partial charge in [0.2, 0.25) is 0 Å². The predicted molar refractivity (Wildman–Crippen MR) is 136 cm³/mol. The highest BCUT2D eigenvalue weighted by molar-refractivity contribution is 5.97. The molecule has 192 valence electrons. The minimum Gasteiger partial charge on any atom is -0.496 e. The lowest BCUT2D eigenvalue weighted by atomic mass is 9.92. The SMILES string of the molecule is COc1ccc(F)cc1C(=O)NCc1ccc(-n2cc([C@@H]3CC[C@H](CO)OC3)c3ncnc(N)c32)cc1. The van der Waals surface area contributed by atoms with Crippen molar-refractivity contribution in [1.82, 2.24) is 19.9 Å². The lowest BCUT2D eigenvalue weighted by molar-refractivity contribution is -0.0268. The van der Waals surface area contributed by atoms with E-state index in [-0.39, 0.29) is 30.7 Å². The standard InChI is InChI=1S/C27H28FN5O4/c1-36-23-9-5-18(28)10-21(23)27(35)30-11-16-2-6-19(7-3-16)33-12-22(17-4-8-20(13-34)37-14-17)24-25(33)26(29)32-15-31-24/h2-3,5-7,9-10,12,15,17,20,34H,4,8,11,13-14H2,1H3,(H,30,35)(H2,29,31,32)/t17-,20-/m1/s1. The molecule has 1 aliphatic rings. The van der Waals surface area contributed by atoms with Gasteiger partial charge in [-0.25, -0.2) is 14.4 Å². The third kappa shape index (κ3) is 4.98. The third-order valence-electron chi connectivity index (χ3n) is 6.72. The van der Waals surface area contributed by atoms with Crippen LogP contribution in [0.3, 0.4) is 0 Å². The van der Waals surface area contributed by atoms with Gasteiger partial charge in [-0.15, -0.1) is 0 Å². The monoisotopic (exact) mass is 505 g/mol. The fraction of sp³-hybridized carbons (Fsp3) is 0.296. The van der Waals surface area contributed by atoms with E-state index in [1.807, 2.05) is 35.0 Å². The van der Waals surface area contributed by atoms with Gasteiger partial charge in [-0.1, -0.05) is 12.1 Å². The average Bonchev–Trinajstić information content (AvgIpc) is 3.33. The van der Waals surface area contributed by atoms with Crippen LogP contribution in [0.15, 0.2) is 55.0 Å². The Morgan fingerprint density at radius 2 is 2.05 bits per heavy atom. The molecule has 0 bridgehead atoms. The first-order valence-electron chi connectivity index (χ1n) is 12.0. The molecule has 2 aromatic heterocycles. The molecule has 0 spiro atoms. The number of nitrogen functional groups attached to an aromatic ring is 1. The average molecular weight is 506 g/mol. The Hall–Kier alpha value is -4.02. The number of aliphatic hydroxyl groups excluding tert-OH is 1. The molecule has 1 aliphatic heterocycles. The lowest BCUT2D eigenvalue weighted by Gasteiger charge is -2.27. The maximum absolute atomic E-state index is 13.6. The van der Waals surface area contributed by atoms with Crippen molar-refractivity contribution in [2.24, 2.45) is 0 Å². The Morgan fingerprint density at radius 1 is 1.24 bits per heavy atom. The van der Waals surface area contributed by atoms with Crippen LogP contribution in [0.4, 0.5) is 10.2 Å². The van der Waals surface area contributed by atoms with Crippen molar-refractivity contribution >= 4 is 22.8 Å². The fourth-order valence-corrected chi connectivity index (χ4v) is 4.71. The van der Waals surface area contributed by atoms with E-state index in [1.54, 1.807) is 0 Å². The van der Waals surface area contributed by atoms with Crippen molar-refractivity contribution in [3.8, 4) is 11.4 Å². The number of aliphatic hydroxyl groups is 1. The van der Waals surface area contributed by atoms with Crippen LogP contribution >= 0.6 is 0 Å². The van der Waals surface area contributed by atoms with Crippen LogP contribution in [0, 0.1) is 5.82 Å². The number of fused-ring (bicyclic) bond motifs is 1. The molecule has 37 heavy (non-hydrogen) atoms. The molecule has 0 saturated carbocycles. The second-order valence-corrected chi connectivity index (χ2v) is 9.02. The van der Waals surface area contributed by atoms with Crippen LogP contribution in [0.25, 0.3) is 16.7 Å². The molecule has 0 unspecified atom stereocenters. The van der Waals surface area contributed by atoms with E-state index in [0.717, 1.165) is 46.8 Å². The molecule has 9 nitrogen and oxygen atoms in total. The Balaban J connectivity index is 1.36. The molecular formula is C27H28FN5O4. The summed E-state index contributed by atoms with van der Waals surface area (Å²) in [6, 6.07) is 11.5. The molecule has 5 rings (SSSR count). The number of nitrogens with one attached hydrogen (secondary N) is 1. The summed E-state index contributed by atoms with van der Waals surface area (Å²) in [7, 11) is 1.43. The Bertz CT molecular complexity index is 1410. The van der Waals surface area contributed by atoms with Gasteiger partial charge in [0.25, 0.3) is 5.91 Å². The summed E-state index contributed by atoms with van der Waals surface area (Å²) in [5, 5.41) is 12.2. The predicted octanol–water partition coefficient (Wildman–Crippen LogP) is 3.34. The number of amides is 1. The molecule has 3 heterocycles. The normalized spacial score (nSPS) is 17.6. The van der Waals surface area contributed by atoms with E-state index < -0.39 is 11.7 Å². The van der Waals surface area contributed by atoms with E-state index >= 15 is 0 Å². The molecule has 1 amide bonds. The Kier molecular flexibility index (Phi) is 7.02. The van der Waals surface area contributed by atoms with E-state index in [1.165, 1.54) is 25.6 Å². The van der Waals surface area contributed by atoms with Crippen LogP contribution in [0.5, 0.6) is 5.75 Å². The quantitative estimate of drug-likeness (QED) is 0.352. The van der Waals surface area contributed by atoms with E-state index in [4.69, 9.17) is 15.2 Å². The van der Waals surface area contributed by atoms with Gasteiger partial charge in [-0.2, -0.15) is 0 Å². The summed E-state index contributed by atoms with van der Waals surface area (Å²) >= 11 is 0. The van der Waals surface area contributed by atoms with Gasteiger partial charge in [-0.3, -0.25) is 4.79 Å². The number of hydrogen-bond acceptors (Lipinski definition) is 7. The number of anilines is 1. The third-order valence-corrected chi connectivity index (χ3v) is 6.72. The molecular weight excluding hydrogens is 477 g/mol. The zero-order valence-electron chi connectivity index (χ0n) is 20.4. The summed E-state index contributed by atoms with van der Waals surface area (Å²) < 4.78 is 26.6. The zero-order valence-corrected chi connectivity index (χ0v) is 20.4. The highest BCUT2D eigenvalue weighted by Crippen LogP contribution is 2.36.